The van der Waals surface area contributed by atoms with Crippen molar-refractivity contribution in [3.63, 3.8) is 0 Å². The minimum Gasteiger partial charge on any atom is -0.378 e. The largest absolute Gasteiger partial charge is 0.378 e. The third kappa shape index (κ3) is 1.94. The van der Waals surface area contributed by atoms with Crippen molar-refractivity contribution in [3.05, 3.63) is 24.0 Å². The van der Waals surface area contributed by atoms with Crippen LogP contribution in [0.1, 0.15) is 18.5 Å². The summed E-state index contributed by atoms with van der Waals surface area (Å²) in [6, 6.07) is 6.38. The first kappa shape index (κ1) is 11.7. The average Bonchev–Trinajstić information content (AvgIpc) is 2.61. The predicted molar refractivity (Wildman–Crippen MR) is 74.4 cm³/mol. The predicted octanol–water partition coefficient (Wildman–Crippen LogP) is 1.44. The van der Waals surface area contributed by atoms with Crippen molar-refractivity contribution < 1.29 is 4.74 Å². The van der Waals surface area contributed by atoms with Crippen molar-refractivity contribution in [2.45, 2.75) is 37.9 Å². The van der Waals surface area contributed by atoms with Gasteiger partial charge in [0.1, 0.15) is 0 Å². The highest BCUT2D eigenvalue weighted by atomic mass is 16.5. The number of aryl methyl sites for hydroxylation is 1. The SMILES string of the molecule is Cc1ccc(N2C3CCC2CN(C2COC2)C3)cn1. The molecule has 0 spiro atoms. The van der Waals surface area contributed by atoms with Crippen molar-refractivity contribution in [2.75, 3.05) is 31.2 Å². The molecule has 2 unspecified atom stereocenters. The molecule has 0 aliphatic carbocycles. The van der Waals surface area contributed by atoms with E-state index in [-0.39, 0.29) is 0 Å². The van der Waals surface area contributed by atoms with Crippen molar-refractivity contribution >= 4 is 5.69 Å². The molecule has 4 rings (SSSR count). The maximum atomic E-state index is 5.34. The first-order valence-electron chi connectivity index (χ1n) is 7.34. The summed E-state index contributed by atoms with van der Waals surface area (Å²) in [7, 11) is 0. The van der Waals surface area contributed by atoms with Gasteiger partial charge in [-0.2, -0.15) is 0 Å². The van der Waals surface area contributed by atoms with E-state index in [4.69, 9.17) is 4.74 Å². The molecule has 0 amide bonds. The second kappa shape index (κ2) is 4.46. The molecule has 0 N–H and O–H groups in total. The number of hydrogen-bond acceptors (Lipinski definition) is 4. The van der Waals surface area contributed by atoms with Gasteiger partial charge in [-0.05, 0) is 31.9 Å². The first-order chi connectivity index (χ1) is 9.31. The molecule has 3 aliphatic heterocycles. The highest BCUT2D eigenvalue weighted by molar-refractivity contribution is 5.49. The van der Waals surface area contributed by atoms with E-state index in [0.717, 1.165) is 18.9 Å². The van der Waals surface area contributed by atoms with E-state index in [1.165, 1.54) is 31.6 Å². The van der Waals surface area contributed by atoms with E-state index >= 15 is 0 Å². The lowest BCUT2D eigenvalue weighted by atomic mass is 10.1. The molecule has 102 valence electrons. The number of piperazine rings is 1. The van der Waals surface area contributed by atoms with Crippen LogP contribution in [-0.2, 0) is 4.74 Å². The minimum absolute atomic E-state index is 0.670. The third-order valence-electron chi connectivity index (χ3n) is 4.84. The zero-order chi connectivity index (χ0) is 12.8. The van der Waals surface area contributed by atoms with Crippen LogP contribution < -0.4 is 4.90 Å². The lowest BCUT2D eigenvalue weighted by Crippen LogP contribution is -2.60. The zero-order valence-electron chi connectivity index (χ0n) is 11.5. The Hall–Kier alpha value is -1.13. The summed E-state index contributed by atoms with van der Waals surface area (Å²) in [5, 5.41) is 0. The Morgan fingerprint density at radius 1 is 1.11 bits per heavy atom. The number of ether oxygens (including phenoxy) is 1. The Bertz CT molecular complexity index is 443. The molecule has 0 saturated carbocycles. The molecule has 3 saturated heterocycles. The fourth-order valence-corrected chi connectivity index (χ4v) is 3.70. The minimum atomic E-state index is 0.670. The van der Waals surface area contributed by atoms with Crippen LogP contribution in [0, 0.1) is 6.92 Å². The number of likely N-dealkylation sites (tertiary alicyclic amines) is 1. The van der Waals surface area contributed by atoms with Gasteiger partial charge in [-0.3, -0.25) is 9.88 Å². The topological polar surface area (TPSA) is 28.6 Å². The second-order valence-electron chi connectivity index (χ2n) is 6.10. The molecule has 0 radical (unpaired) electrons. The number of anilines is 1. The number of aromatic nitrogens is 1. The Kier molecular flexibility index (Phi) is 2.74. The molecule has 1 aromatic heterocycles. The smallest absolute Gasteiger partial charge is 0.0645 e. The van der Waals surface area contributed by atoms with Crippen LogP contribution in [-0.4, -0.2) is 54.3 Å². The molecule has 0 aromatic carbocycles. The summed E-state index contributed by atoms with van der Waals surface area (Å²) < 4.78 is 5.34. The van der Waals surface area contributed by atoms with Crippen LogP contribution in [0.25, 0.3) is 0 Å². The third-order valence-corrected chi connectivity index (χ3v) is 4.84. The Labute approximate surface area is 114 Å². The number of hydrogen-bond donors (Lipinski definition) is 0. The van der Waals surface area contributed by atoms with E-state index < -0.39 is 0 Å². The van der Waals surface area contributed by atoms with Crippen LogP contribution in [0.3, 0.4) is 0 Å². The second-order valence-corrected chi connectivity index (χ2v) is 6.10. The molecule has 4 nitrogen and oxygen atoms in total. The van der Waals surface area contributed by atoms with Crippen molar-refractivity contribution in [2.24, 2.45) is 0 Å². The number of nitrogens with zero attached hydrogens (tertiary/aromatic N) is 3. The van der Waals surface area contributed by atoms with Gasteiger partial charge in [0.2, 0.25) is 0 Å². The monoisotopic (exact) mass is 259 g/mol. The first-order valence-corrected chi connectivity index (χ1v) is 7.34. The fraction of sp³-hybridized carbons (Fsp3) is 0.667. The van der Waals surface area contributed by atoms with E-state index in [1.807, 2.05) is 13.1 Å². The van der Waals surface area contributed by atoms with Crippen molar-refractivity contribution in [1.82, 2.24) is 9.88 Å². The van der Waals surface area contributed by atoms with E-state index in [0.29, 0.717) is 18.1 Å². The van der Waals surface area contributed by atoms with Gasteiger partial charge in [0.05, 0.1) is 31.1 Å². The number of fused-ring (bicyclic) bond motifs is 2. The zero-order valence-corrected chi connectivity index (χ0v) is 11.5. The quantitative estimate of drug-likeness (QED) is 0.803. The van der Waals surface area contributed by atoms with Crippen LogP contribution in [0.15, 0.2) is 18.3 Å². The molecule has 4 heteroatoms. The fourth-order valence-electron chi connectivity index (χ4n) is 3.70. The maximum Gasteiger partial charge on any atom is 0.0645 e. The van der Waals surface area contributed by atoms with Gasteiger partial charge in [0, 0.05) is 30.9 Å². The average molecular weight is 259 g/mol. The van der Waals surface area contributed by atoms with Crippen LogP contribution in [0.2, 0.25) is 0 Å². The normalized spacial score (nSPS) is 31.5. The summed E-state index contributed by atoms with van der Waals surface area (Å²) >= 11 is 0. The summed E-state index contributed by atoms with van der Waals surface area (Å²) in [6.45, 7) is 6.31. The lowest BCUT2D eigenvalue weighted by molar-refractivity contribution is -0.0704. The molecule has 3 fully saturated rings. The maximum absolute atomic E-state index is 5.34. The molecular formula is C15H21N3O. The molecule has 3 aliphatic rings. The van der Waals surface area contributed by atoms with Gasteiger partial charge in [-0.15, -0.1) is 0 Å². The number of pyridine rings is 1. The molecule has 2 atom stereocenters. The van der Waals surface area contributed by atoms with Gasteiger partial charge >= 0.3 is 0 Å². The summed E-state index contributed by atoms with van der Waals surface area (Å²) in [5.41, 5.74) is 2.41. The van der Waals surface area contributed by atoms with E-state index in [1.54, 1.807) is 0 Å². The van der Waals surface area contributed by atoms with Crippen LogP contribution >= 0.6 is 0 Å². The van der Waals surface area contributed by atoms with Gasteiger partial charge in [0.25, 0.3) is 0 Å². The highest BCUT2D eigenvalue weighted by Gasteiger charge is 2.43. The molecule has 19 heavy (non-hydrogen) atoms. The van der Waals surface area contributed by atoms with Crippen LogP contribution in [0.5, 0.6) is 0 Å². The van der Waals surface area contributed by atoms with Crippen molar-refractivity contribution in [3.8, 4) is 0 Å². The molecule has 4 heterocycles. The molecular weight excluding hydrogens is 238 g/mol. The molecule has 2 bridgehead atoms. The number of rotatable bonds is 2. The summed E-state index contributed by atoms with van der Waals surface area (Å²) in [5.74, 6) is 0. The van der Waals surface area contributed by atoms with Crippen molar-refractivity contribution in [1.29, 1.82) is 0 Å². The van der Waals surface area contributed by atoms with Gasteiger partial charge < -0.3 is 9.64 Å². The standard InChI is InChI=1S/C15H21N3O/c1-11-2-3-12(6-16-11)18-13-4-5-14(18)8-17(7-13)15-9-19-10-15/h2-3,6,13-15H,4-5,7-10H2,1H3. The summed E-state index contributed by atoms with van der Waals surface area (Å²) in [4.78, 5) is 9.71. The van der Waals surface area contributed by atoms with Crippen LogP contribution in [0.4, 0.5) is 5.69 Å². The van der Waals surface area contributed by atoms with E-state index in [2.05, 4.69) is 26.9 Å². The summed E-state index contributed by atoms with van der Waals surface area (Å²) in [6.07, 6.45) is 4.69. The Balaban J connectivity index is 1.54. The Morgan fingerprint density at radius 2 is 1.84 bits per heavy atom. The Morgan fingerprint density at radius 3 is 2.37 bits per heavy atom. The highest BCUT2D eigenvalue weighted by Crippen LogP contribution is 2.35. The van der Waals surface area contributed by atoms with Gasteiger partial charge in [-0.25, -0.2) is 0 Å². The van der Waals surface area contributed by atoms with Gasteiger partial charge in [-0.1, -0.05) is 0 Å². The van der Waals surface area contributed by atoms with Gasteiger partial charge in [0.15, 0.2) is 0 Å². The molecule has 1 aromatic rings. The lowest BCUT2D eigenvalue weighted by Gasteiger charge is -2.47. The van der Waals surface area contributed by atoms with E-state index in [9.17, 15) is 0 Å².